The van der Waals surface area contributed by atoms with Crippen molar-refractivity contribution in [2.75, 3.05) is 31.7 Å². The van der Waals surface area contributed by atoms with Crippen LogP contribution in [0.15, 0.2) is 63.5 Å². The maximum Gasteiger partial charge on any atom is 0.338 e. The fourth-order valence-corrected chi connectivity index (χ4v) is 6.20. The van der Waals surface area contributed by atoms with Gasteiger partial charge in [-0.25, -0.2) is 9.79 Å². The standard InChI is InChI=1S/C29H31N3O4S/c1-5-36-28(34)25-19(3)30-29-32(26(25)21-9-8-10-22(17-21)35-4)27(33)24(37-29)16-20-11-12-23(18(2)15-20)31-13-6-7-14-31/h8-12,15-17,26H,5-7,13-14H2,1-4H3/b24-16+/t26-/m1/s1. The molecule has 0 N–H and O–H groups in total. The number of benzene rings is 2. The second kappa shape index (κ2) is 10.4. The van der Waals surface area contributed by atoms with E-state index >= 15 is 0 Å². The molecule has 8 heteroatoms. The molecule has 2 aromatic carbocycles. The zero-order valence-corrected chi connectivity index (χ0v) is 22.4. The van der Waals surface area contributed by atoms with Crippen LogP contribution in [0, 0.1) is 6.92 Å². The zero-order valence-electron chi connectivity index (χ0n) is 21.6. The van der Waals surface area contributed by atoms with E-state index in [1.807, 2.05) is 30.3 Å². The Morgan fingerprint density at radius 3 is 2.65 bits per heavy atom. The number of hydrogen-bond acceptors (Lipinski definition) is 7. The highest BCUT2D eigenvalue weighted by Gasteiger charge is 2.33. The number of rotatable bonds is 6. The van der Waals surface area contributed by atoms with Crippen LogP contribution in [0.4, 0.5) is 5.69 Å². The molecular weight excluding hydrogens is 486 g/mol. The molecule has 0 unspecified atom stereocenters. The molecular formula is C29H31N3O4S. The summed E-state index contributed by atoms with van der Waals surface area (Å²) in [6.45, 7) is 8.08. The summed E-state index contributed by atoms with van der Waals surface area (Å²) in [5.74, 6) is 0.171. The molecule has 3 aromatic rings. The third-order valence-electron chi connectivity index (χ3n) is 6.89. The third-order valence-corrected chi connectivity index (χ3v) is 7.87. The van der Waals surface area contributed by atoms with E-state index in [9.17, 15) is 9.59 Å². The number of fused-ring (bicyclic) bond motifs is 1. The highest BCUT2D eigenvalue weighted by molar-refractivity contribution is 7.07. The first-order valence-electron chi connectivity index (χ1n) is 12.6. The number of methoxy groups -OCH3 is 1. The molecule has 1 saturated heterocycles. The van der Waals surface area contributed by atoms with Crippen LogP contribution in [0.5, 0.6) is 5.75 Å². The van der Waals surface area contributed by atoms with Gasteiger partial charge in [-0.1, -0.05) is 29.5 Å². The number of carbonyl (C=O) groups is 1. The molecule has 1 atom stereocenters. The van der Waals surface area contributed by atoms with E-state index in [0.29, 0.717) is 26.4 Å². The minimum absolute atomic E-state index is 0.188. The van der Waals surface area contributed by atoms with E-state index in [4.69, 9.17) is 9.47 Å². The Labute approximate surface area is 220 Å². The second-order valence-electron chi connectivity index (χ2n) is 9.32. The minimum Gasteiger partial charge on any atom is -0.497 e. The Hall–Kier alpha value is -3.65. The van der Waals surface area contributed by atoms with Crippen molar-refractivity contribution in [1.29, 1.82) is 0 Å². The molecule has 2 aliphatic rings. The lowest BCUT2D eigenvalue weighted by Gasteiger charge is -2.25. The van der Waals surface area contributed by atoms with Crippen LogP contribution in [0.2, 0.25) is 0 Å². The molecule has 2 aliphatic heterocycles. The Bertz CT molecular complexity index is 1560. The summed E-state index contributed by atoms with van der Waals surface area (Å²) in [5, 5.41) is 0. The molecule has 0 amide bonds. The first-order valence-corrected chi connectivity index (χ1v) is 13.4. The number of hydrogen-bond donors (Lipinski definition) is 0. The van der Waals surface area contributed by atoms with Gasteiger partial charge >= 0.3 is 5.97 Å². The number of carbonyl (C=O) groups excluding carboxylic acids is 1. The lowest BCUT2D eigenvalue weighted by atomic mass is 9.95. The van der Waals surface area contributed by atoms with Crippen LogP contribution in [0.3, 0.4) is 0 Å². The molecule has 0 bridgehead atoms. The monoisotopic (exact) mass is 517 g/mol. The molecule has 0 radical (unpaired) electrons. The van der Waals surface area contributed by atoms with Gasteiger partial charge in [0.1, 0.15) is 5.75 Å². The summed E-state index contributed by atoms with van der Waals surface area (Å²) < 4.78 is 13.0. The molecule has 7 nitrogen and oxygen atoms in total. The van der Waals surface area contributed by atoms with E-state index < -0.39 is 12.0 Å². The van der Waals surface area contributed by atoms with Crippen molar-refractivity contribution in [3.05, 3.63) is 90.1 Å². The van der Waals surface area contributed by atoms with Crippen molar-refractivity contribution in [3.63, 3.8) is 0 Å². The zero-order chi connectivity index (χ0) is 26.1. The fraction of sp³-hybridized carbons (Fsp3) is 0.345. The topological polar surface area (TPSA) is 73.1 Å². The Kier molecular flexibility index (Phi) is 7.02. The van der Waals surface area contributed by atoms with Gasteiger partial charge in [0.15, 0.2) is 4.80 Å². The summed E-state index contributed by atoms with van der Waals surface area (Å²) in [7, 11) is 1.59. The van der Waals surface area contributed by atoms with Gasteiger partial charge in [0, 0.05) is 18.8 Å². The number of esters is 1. The van der Waals surface area contributed by atoms with Crippen molar-refractivity contribution in [2.45, 2.75) is 39.7 Å². The van der Waals surface area contributed by atoms with Crippen LogP contribution in [-0.2, 0) is 9.53 Å². The maximum atomic E-state index is 13.8. The summed E-state index contributed by atoms with van der Waals surface area (Å²) in [6.07, 6.45) is 4.37. The Morgan fingerprint density at radius 2 is 1.95 bits per heavy atom. The van der Waals surface area contributed by atoms with Gasteiger partial charge in [-0.2, -0.15) is 0 Å². The van der Waals surface area contributed by atoms with Gasteiger partial charge in [-0.3, -0.25) is 9.36 Å². The predicted molar refractivity (Wildman–Crippen MR) is 146 cm³/mol. The lowest BCUT2D eigenvalue weighted by molar-refractivity contribution is -0.139. The summed E-state index contributed by atoms with van der Waals surface area (Å²) >= 11 is 1.33. The number of aromatic nitrogens is 1. The van der Waals surface area contributed by atoms with Crippen LogP contribution < -0.4 is 24.5 Å². The highest BCUT2D eigenvalue weighted by atomic mass is 32.1. The first kappa shape index (κ1) is 25.0. The smallest absolute Gasteiger partial charge is 0.338 e. The maximum absolute atomic E-state index is 13.8. The van der Waals surface area contributed by atoms with Gasteiger partial charge in [0.25, 0.3) is 5.56 Å². The molecule has 1 aromatic heterocycles. The fourth-order valence-electron chi connectivity index (χ4n) is 5.15. The molecule has 0 aliphatic carbocycles. The molecule has 0 spiro atoms. The van der Waals surface area contributed by atoms with E-state index in [-0.39, 0.29) is 12.2 Å². The third kappa shape index (κ3) is 4.73. The molecule has 1 fully saturated rings. The van der Waals surface area contributed by atoms with Crippen molar-refractivity contribution in [2.24, 2.45) is 4.99 Å². The molecule has 37 heavy (non-hydrogen) atoms. The quantitative estimate of drug-likeness (QED) is 0.466. The van der Waals surface area contributed by atoms with Gasteiger partial charge in [-0.15, -0.1) is 0 Å². The number of aryl methyl sites for hydroxylation is 1. The van der Waals surface area contributed by atoms with Crippen LogP contribution in [0.1, 0.15) is 49.4 Å². The van der Waals surface area contributed by atoms with Crippen molar-refractivity contribution < 1.29 is 14.3 Å². The predicted octanol–water partition coefficient (Wildman–Crippen LogP) is 3.72. The van der Waals surface area contributed by atoms with Crippen LogP contribution in [0.25, 0.3) is 6.08 Å². The lowest BCUT2D eigenvalue weighted by Crippen LogP contribution is -2.39. The first-order chi connectivity index (χ1) is 17.9. The summed E-state index contributed by atoms with van der Waals surface area (Å²) in [6, 6.07) is 13.1. The number of thiazole rings is 1. The molecule has 3 heterocycles. The van der Waals surface area contributed by atoms with E-state index in [2.05, 4.69) is 35.0 Å². The van der Waals surface area contributed by atoms with Crippen molar-refractivity contribution >= 4 is 29.1 Å². The number of allylic oxidation sites excluding steroid dienone is 1. The average Bonchev–Trinajstić information content (AvgIpc) is 3.52. The van der Waals surface area contributed by atoms with E-state index in [0.717, 1.165) is 24.2 Å². The van der Waals surface area contributed by atoms with Crippen molar-refractivity contribution in [3.8, 4) is 5.75 Å². The van der Waals surface area contributed by atoms with Crippen LogP contribution in [-0.4, -0.2) is 37.3 Å². The Morgan fingerprint density at radius 1 is 1.16 bits per heavy atom. The molecule has 192 valence electrons. The van der Waals surface area contributed by atoms with E-state index in [1.165, 1.54) is 35.4 Å². The molecule has 5 rings (SSSR count). The molecule has 0 saturated carbocycles. The van der Waals surface area contributed by atoms with Gasteiger partial charge in [0.05, 0.1) is 35.6 Å². The van der Waals surface area contributed by atoms with Gasteiger partial charge in [0.2, 0.25) is 0 Å². The second-order valence-corrected chi connectivity index (χ2v) is 10.3. The summed E-state index contributed by atoms with van der Waals surface area (Å²) in [4.78, 5) is 34.5. The SMILES string of the molecule is CCOC(=O)C1=C(C)N=c2s/c(=C/c3ccc(N4CCCC4)c(C)c3)c(=O)n2[C@@H]1c1cccc(OC)c1. The number of ether oxygens (including phenoxy) is 2. The average molecular weight is 518 g/mol. The normalized spacial score (nSPS) is 17.6. The highest BCUT2D eigenvalue weighted by Crippen LogP contribution is 2.32. The van der Waals surface area contributed by atoms with Gasteiger partial charge < -0.3 is 14.4 Å². The largest absolute Gasteiger partial charge is 0.497 e. The van der Waals surface area contributed by atoms with Crippen LogP contribution >= 0.6 is 11.3 Å². The van der Waals surface area contributed by atoms with Crippen molar-refractivity contribution in [1.82, 2.24) is 4.57 Å². The number of nitrogens with zero attached hydrogens (tertiary/aromatic N) is 3. The van der Waals surface area contributed by atoms with Gasteiger partial charge in [-0.05, 0) is 80.6 Å². The number of anilines is 1. The minimum atomic E-state index is -0.660. The van der Waals surface area contributed by atoms with E-state index in [1.54, 1.807) is 25.5 Å². The summed E-state index contributed by atoms with van der Waals surface area (Å²) in [5.41, 5.74) is 4.89. The Balaban J connectivity index is 1.64.